The summed E-state index contributed by atoms with van der Waals surface area (Å²) < 4.78 is 29.2. The molecule has 0 radical (unpaired) electrons. The lowest BCUT2D eigenvalue weighted by Gasteiger charge is -2.17. The van der Waals surface area contributed by atoms with E-state index in [0.29, 0.717) is 6.07 Å². The normalized spacial score (nSPS) is 13.5. The molecule has 1 fully saturated rings. The number of hydrogen-bond acceptors (Lipinski definition) is 5. The molecule has 3 aromatic rings. The summed E-state index contributed by atoms with van der Waals surface area (Å²) in [7, 11) is 0. The van der Waals surface area contributed by atoms with Crippen molar-refractivity contribution in [3.63, 3.8) is 0 Å². The van der Waals surface area contributed by atoms with Crippen LogP contribution in [0.25, 0.3) is 5.65 Å². The summed E-state index contributed by atoms with van der Waals surface area (Å²) in [5.74, 6) is -3.50. The Kier molecular flexibility index (Phi) is 5.88. The van der Waals surface area contributed by atoms with Crippen molar-refractivity contribution in [2.45, 2.75) is 45.8 Å². The smallest absolute Gasteiger partial charge is 0.291 e. The number of amides is 2. The Hall–Kier alpha value is -3.76. The Labute approximate surface area is 187 Å². The van der Waals surface area contributed by atoms with Crippen LogP contribution < -0.4 is 16.2 Å². The van der Waals surface area contributed by atoms with E-state index in [1.54, 1.807) is 0 Å². The maximum Gasteiger partial charge on any atom is 0.291 e. The molecule has 3 N–H and O–H groups in total. The second kappa shape index (κ2) is 8.64. The van der Waals surface area contributed by atoms with Crippen LogP contribution in [0.1, 0.15) is 53.0 Å². The number of aromatic hydroxyl groups is 1. The summed E-state index contributed by atoms with van der Waals surface area (Å²) in [4.78, 5) is 38.4. The molecule has 0 spiro atoms. The van der Waals surface area contributed by atoms with Crippen molar-refractivity contribution >= 4 is 17.5 Å². The summed E-state index contributed by atoms with van der Waals surface area (Å²) >= 11 is 0. The van der Waals surface area contributed by atoms with Gasteiger partial charge < -0.3 is 15.7 Å². The first-order chi connectivity index (χ1) is 15.7. The molecule has 2 amide bonds. The predicted octanol–water partition coefficient (Wildman–Crippen LogP) is 1.96. The molecule has 174 valence electrons. The summed E-state index contributed by atoms with van der Waals surface area (Å²) in [6, 6.07) is 2.97. The van der Waals surface area contributed by atoms with Crippen LogP contribution in [0.2, 0.25) is 0 Å². The van der Waals surface area contributed by atoms with Gasteiger partial charge in [-0.2, -0.15) is 9.61 Å². The zero-order chi connectivity index (χ0) is 23.9. The van der Waals surface area contributed by atoms with Gasteiger partial charge in [0, 0.05) is 30.8 Å². The predicted molar refractivity (Wildman–Crippen MR) is 114 cm³/mol. The van der Waals surface area contributed by atoms with Crippen molar-refractivity contribution in [2.75, 3.05) is 0 Å². The van der Waals surface area contributed by atoms with Gasteiger partial charge in [-0.05, 0) is 24.8 Å². The van der Waals surface area contributed by atoms with Crippen LogP contribution >= 0.6 is 0 Å². The van der Waals surface area contributed by atoms with Gasteiger partial charge in [0.05, 0.1) is 6.20 Å². The number of nitrogens with one attached hydrogen (secondary N) is 2. The van der Waals surface area contributed by atoms with E-state index in [1.165, 1.54) is 10.6 Å². The Bertz CT molecular complexity index is 1310. The van der Waals surface area contributed by atoms with Crippen LogP contribution in [0.15, 0.2) is 29.2 Å². The lowest BCUT2D eigenvalue weighted by molar-refractivity contribution is 0.0940. The molecule has 2 heterocycles. The molecule has 1 aromatic carbocycles. The second-order valence-electron chi connectivity index (χ2n) is 8.47. The van der Waals surface area contributed by atoms with Crippen molar-refractivity contribution in [1.82, 2.24) is 24.8 Å². The molecule has 9 nitrogen and oxygen atoms in total. The van der Waals surface area contributed by atoms with Crippen molar-refractivity contribution in [2.24, 2.45) is 5.92 Å². The maximum atomic E-state index is 13.9. The van der Waals surface area contributed by atoms with Crippen molar-refractivity contribution in [3.05, 3.63) is 63.1 Å². The molecule has 0 saturated heterocycles. The van der Waals surface area contributed by atoms with Crippen LogP contribution in [-0.2, 0) is 13.1 Å². The lowest BCUT2D eigenvalue weighted by Crippen LogP contribution is -2.35. The first-order valence-electron chi connectivity index (χ1n) is 10.5. The average Bonchev–Trinajstić information content (AvgIpc) is 3.44. The van der Waals surface area contributed by atoms with Gasteiger partial charge in [-0.25, -0.2) is 8.78 Å². The molecule has 1 saturated carbocycles. The van der Waals surface area contributed by atoms with Gasteiger partial charge in [0.25, 0.3) is 17.4 Å². The van der Waals surface area contributed by atoms with E-state index in [1.807, 2.05) is 13.8 Å². The molecule has 4 rings (SSSR count). The van der Waals surface area contributed by atoms with Crippen LogP contribution in [0.4, 0.5) is 8.78 Å². The van der Waals surface area contributed by atoms with E-state index < -0.39 is 40.5 Å². The summed E-state index contributed by atoms with van der Waals surface area (Å²) in [5, 5.41) is 20.0. The number of halogens is 2. The number of carbonyl (C=O) groups is 2. The molecule has 0 aliphatic heterocycles. The van der Waals surface area contributed by atoms with E-state index in [2.05, 4.69) is 15.7 Å². The van der Waals surface area contributed by atoms with Gasteiger partial charge in [0.2, 0.25) is 5.88 Å². The van der Waals surface area contributed by atoms with E-state index >= 15 is 0 Å². The number of nitrogens with zero attached hydrogens (tertiary/aromatic N) is 3. The minimum absolute atomic E-state index is 0.00579. The highest BCUT2D eigenvalue weighted by atomic mass is 19.1. The second-order valence-corrected chi connectivity index (χ2v) is 8.47. The number of fused-ring (bicyclic) bond motifs is 1. The zero-order valence-electron chi connectivity index (χ0n) is 18.1. The standard InChI is InChI=1S/C22H23F2N5O4/c1-11(2)10-28-20-15(18(30)25-8-12-3-4-13(23)7-16(12)24)9-26-29(20)22(33)17(21(28)32)19(31)27-14-5-6-14/h3-4,7,9,11,14,32H,5-6,8,10H2,1-2H3,(H,25,30)(H,27,31). The number of aromatic nitrogens is 3. The topological polar surface area (TPSA) is 118 Å². The first-order valence-corrected chi connectivity index (χ1v) is 10.5. The molecule has 0 unspecified atom stereocenters. The van der Waals surface area contributed by atoms with Crippen molar-refractivity contribution in [1.29, 1.82) is 0 Å². The van der Waals surface area contributed by atoms with E-state index in [9.17, 15) is 28.3 Å². The third-order valence-electron chi connectivity index (χ3n) is 5.27. The van der Waals surface area contributed by atoms with E-state index in [0.717, 1.165) is 29.6 Å². The fourth-order valence-corrected chi connectivity index (χ4v) is 3.51. The Morgan fingerprint density at radius 1 is 1.24 bits per heavy atom. The molecule has 2 aromatic heterocycles. The molecular formula is C22H23F2N5O4. The fourth-order valence-electron chi connectivity index (χ4n) is 3.51. The molecule has 0 atom stereocenters. The third-order valence-corrected chi connectivity index (χ3v) is 5.27. The van der Waals surface area contributed by atoms with Crippen LogP contribution in [0, 0.1) is 17.6 Å². The van der Waals surface area contributed by atoms with E-state index in [4.69, 9.17) is 0 Å². The van der Waals surface area contributed by atoms with Gasteiger partial charge in [-0.1, -0.05) is 19.9 Å². The highest BCUT2D eigenvalue weighted by Gasteiger charge is 2.30. The van der Waals surface area contributed by atoms with Crippen molar-refractivity contribution < 1.29 is 23.5 Å². The van der Waals surface area contributed by atoms with Crippen LogP contribution in [0.5, 0.6) is 5.88 Å². The molecule has 0 bridgehead atoms. The molecular weight excluding hydrogens is 436 g/mol. The fraction of sp³-hybridized carbons (Fsp3) is 0.364. The summed E-state index contributed by atoms with van der Waals surface area (Å²) in [5.41, 5.74) is -1.27. The minimum Gasteiger partial charge on any atom is -0.494 e. The van der Waals surface area contributed by atoms with E-state index in [-0.39, 0.29) is 41.8 Å². The third kappa shape index (κ3) is 4.43. The number of hydrogen-bond donors (Lipinski definition) is 3. The number of carbonyl (C=O) groups excluding carboxylic acids is 2. The highest BCUT2D eigenvalue weighted by Crippen LogP contribution is 2.24. The summed E-state index contributed by atoms with van der Waals surface area (Å²) in [6.45, 7) is 3.69. The molecule has 33 heavy (non-hydrogen) atoms. The van der Waals surface area contributed by atoms with Crippen LogP contribution in [0.3, 0.4) is 0 Å². The van der Waals surface area contributed by atoms with Gasteiger partial charge in [0.1, 0.15) is 17.2 Å². The maximum absolute atomic E-state index is 13.9. The molecule has 11 heteroatoms. The average molecular weight is 459 g/mol. The Morgan fingerprint density at radius 2 is 1.97 bits per heavy atom. The first kappa shape index (κ1) is 22.4. The quantitative estimate of drug-likeness (QED) is 0.499. The molecule has 1 aliphatic rings. The monoisotopic (exact) mass is 459 g/mol. The Balaban J connectivity index is 1.73. The summed E-state index contributed by atoms with van der Waals surface area (Å²) in [6.07, 6.45) is 2.75. The van der Waals surface area contributed by atoms with Gasteiger partial charge >= 0.3 is 0 Å². The minimum atomic E-state index is -0.857. The number of rotatable bonds is 7. The Morgan fingerprint density at radius 3 is 2.61 bits per heavy atom. The lowest BCUT2D eigenvalue weighted by atomic mass is 10.2. The molecule has 1 aliphatic carbocycles. The van der Waals surface area contributed by atoms with Crippen molar-refractivity contribution in [3.8, 4) is 5.88 Å². The highest BCUT2D eigenvalue weighted by molar-refractivity contribution is 6.01. The number of benzene rings is 1. The largest absolute Gasteiger partial charge is 0.494 e. The van der Waals surface area contributed by atoms with Gasteiger partial charge in [-0.15, -0.1) is 0 Å². The van der Waals surface area contributed by atoms with Gasteiger partial charge in [-0.3, -0.25) is 19.0 Å². The van der Waals surface area contributed by atoms with Crippen LogP contribution in [-0.4, -0.2) is 37.1 Å². The zero-order valence-corrected chi connectivity index (χ0v) is 18.1. The SMILES string of the molecule is CC(C)Cn1c(O)c(C(=O)NC2CC2)c(=O)n2ncc(C(=O)NCc3ccc(F)cc3F)c12. The van der Waals surface area contributed by atoms with Gasteiger partial charge in [0.15, 0.2) is 11.2 Å².